The van der Waals surface area contributed by atoms with Gasteiger partial charge in [-0.3, -0.25) is 0 Å². The van der Waals surface area contributed by atoms with Crippen LogP contribution in [0.3, 0.4) is 0 Å². The van der Waals surface area contributed by atoms with Crippen LogP contribution in [0.5, 0.6) is 5.75 Å². The lowest BCUT2D eigenvalue weighted by Crippen LogP contribution is -2.55. The highest BCUT2D eigenvalue weighted by atomic mass is 19.4. The van der Waals surface area contributed by atoms with Crippen LogP contribution in [0.15, 0.2) is 24.3 Å². The van der Waals surface area contributed by atoms with E-state index >= 15 is 0 Å². The number of hydrogen-bond donors (Lipinski definition) is 1. The molecule has 1 aromatic carbocycles. The first-order valence-electron chi connectivity index (χ1n) is 5.13. The second kappa shape index (κ2) is 3.81. The van der Waals surface area contributed by atoms with Gasteiger partial charge in [0.15, 0.2) is 0 Å². The third kappa shape index (κ3) is 2.72. The van der Waals surface area contributed by atoms with Crippen molar-refractivity contribution in [2.24, 2.45) is 5.73 Å². The van der Waals surface area contributed by atoms with Crippen molar-refractivity contribution in [2.45, 2.75) is 30.7 Å². The van der Waals surface area contributed by atoms with Gasteiger partial charge in [-0.25, -0.2) is 8.78 Å². The Morgan fingerprint density at radius 1 is 1.06 bits per heavy atom. The van der Waals surface area contributed by atoms with Gasteiger partial charge in [0, 0.05) is 12.8 Å². The van der Waals surface area contributed by atoms with Gasteiger partial charge in [0.1, 0.15) is 5.75 Å². The number of hydrogen-bond acceptors (Lipinski definition) is 2. The highest BCUT2D eigenvalue weighted by Crippen LogP contribution is 2.49. The molecule has 1 fully saturated rings. The molecule has 1 aliphatic rings. The van der Waals surface area contributed by atoms with Gasteiger partial charge in [-0.2, -0.15) is 0 Å². The molecule has 0 aliphatic heterocycles. The number of rotatable bonds is 2. The quantitative estimate of drug-likeness (QED) is 0.835. The monoisotopic (exact) mass is 267 g/mol. The molecular weight excluding hydrogens is 257 g/mol. The molecule has 1 aliphatic carbocycles. The third-order valence-corrected chi connectivity index (χ3v) is 2.81. The number of alkyl halides is 5. The third-order valence-electron chi connectivity index (χ3n) is 2.81. The van der Waals surface area contributed by atoms with E-state index in [0.717, 1.165) is 12.1 Å². The number of halogens is 5. The molecule has 2 N–H and O–H groups in total. The average molecular weight is 267 g/mol. The summed E-state index contributed by atoms with van der Waals surface area (Å²) in [6.45, 7) is 0. The van der Waals surface area contributed by atoms with Gasteiger partial charge in [-0.05, 0) is 17.7 Å². The van der Waals surface area contributed by atoms with Crippen LogP contribution in [-0.4, -0.2) is 12.3 Å². The summed E-state index contributed by atoms with van der Waals surface area (Å²) in [6.07, 6.45) is -5.77. The van der Waals surface area contributed by atoms with Gasteiger partial charge < -0.3 is 10.5 Å². The first-order valence-corrected chi connectivity index (χ1v) is 5.13. The highest BCUT2D eigenvalue weighted by Gasteiger charge is 2.55. The molecule has 1 saturated carbocycles. The molecule has 18 heavy (non-hydrogen) atoms. The summed E-state index contributed by atoms with van der Waals surface area (Å²) in [5, 5.41) is 0. The Kier molecular flexibility index (Phi) is 2.77. The van der Waals surface area contributed by atoms with Crippen LogP contribution >= 0.6 is 0 Å². The Morgan fingerprint density at radius 2 is 1.56 bits per heavy atom. The van der Waals surface area contributed by atoms with Crippen molar-refractivity contribution >= 4 is 0 Å². The molecular formula is C11H10F5NO. The number of nitrogens with two attached hydrogens (primary N) is 1. The molecule has 0 radical (unpaired) electrons. The van der Waals surface area contributed by atoms with E-state index in [1.54, 1.807) is 0 Å². The van der Waals surface area contributed by atoms with E-state index in [4.69, 9.17) is 5.73 Å². The average Bonchev–Trinajstić information content (AvgIpc) is 2.12. The molecule has 0 saturated heterocycles. The van der Waals surface area contributed by atoms with Crippen LogP contribution in [0, 0.1) is 0 Å². The Balaban J connectivity index is 2.09. The smallest absolute Gasteiger partial charge is 0.406 e. The zero-order chi connectivity index (χ0) is 13.6. The van der Waals surface area contributed by atoms with E-state index in [0.29, 0.717) is 5.56 Å². The lowest BCUT2D eigenvalue weighted by Gasteiger charge is -2.44. The largest absolute Gasteiger partial charge is 0.573 e. The molecule has 0 bridgehead atoms. The summed E-state index contributed by atoms with van der Waals surface area (Å²) in [5.41, 5.74) is 4.95. The molecule has 0 atom stereocenters. The van der Waals surface area contributed by atoms with Gasteiger partial charge in [0.2, 0.25) is 0 Å². The minimum Gasteiger partial charge on any atom is -0.406 e. The minimum atomic E-state index is -4.77. The summed E-state index contributed by atoms with van der Waals surface area (Å²) in [5.74, 6) is -3.20. The molecule has 2 rings (SSSR count). The Bertz CT molecular complexity index is 432. The van der Waals surface area contributed by atoms with Crippen LogP contribution in [0.25, 0.3) is 0 Å². The number of benzene rings is 1. The maximum atomic E-state index is 12.8. The fourth-order valence-corrected chi connectivity index (χ4v) is 2.06. The fourth-order valence-electron chi connectivity index (χ4n) is 2.06. The zero-order valence-corrected chi connectivity index (χ0v) is 9.10. The predicted molar refractivity (Wildman–Crippen MR) is 53.2 cm³/mol. The highest BCUT2D eigenvalue weighted by molar-refractivity contribution is 5.34. The summed E-state index contributed by atoms with van der Waals surface area (Å²) in [6, 6.07) is 4.68. The van der Waals surface area contributed by atoms with E-state index in [1.165, 1.54) is 12.1 Å². The molecule has 1 aromatic rings. The molecule has 0 spiro atoms. The summed E-state index contributed by atoms with van der Waals surface area (Å²) in [7, 11) is 0. The predicted octanol–water partition coefficient (Wildman–Crippen LogP) is 3.17. The van der Waals surface area contributed by atoms with Crippen molar-refractivity contribution in [2.75, 3.05) is 0 Å². The van der Waals surface area contributed by atoms with E-state index in [-0.39, 0.29) is 0 Å². The van der Waals surface area contributed by atoms with Crippen molar-refractivity contribution in [3.8, 4) is 5.75 Å². The normalized spacial score (nSPS) is 21.2. The van der Waals surface area contributed by atoms with E-state index in [9.17, 15) is 22.0 Å². The van der Waals surface area contributed by atoms with Gasteiger partial charge in [0.25, 0.3) is 5.92 Å². The Morgan fingerprint density at radius 3 is 1.94 bits per heavy atom. The second-order valence-electron chi connectivity index (χ2n) is 4.44. The summed E-state index contributed by atoms with van der Waals surface area (Å²) >= 11 is 0. The number of ether oxygens (including phenoxy) is 1. The van der Waals surface area contributed by atoms with Crippen LogP contribution in [0.2, 0.25) is 0 Å². The summed E-state index contributed by atoms with van der Waals surface area (Å²) < 4.78 is 64.9. The SMILES string of the molecule is NC1(c2ccc(OC(F)(F)F)cc2)CC(F)(F)C1. The molecule has 0 aromatic heterocycles. The van der Waals surface area contributed by atoms with Crippen molar-refractivity contribution in [1.82, 2.24) is 0 Å². The van der Waals surface area contributed by atoms with Crippen molar-refractivity contribution in [3.05, 3.63) is 29.8 Å². The summed E-state index contributed by atoms with van der Waals surface area (Å²) in [4.78, 5) is 0. The first kappa shape index (κ1) is 13.1. The van der Waals surface area contributed by atoms with Crippen LogP contribution in [0.1, 0.15) is 18.4 Å². The van der Waals surface area contributed by atoms with Crippen molar-refractivity contribution in [3.63, 3.8) is 0 Å². The van der Waals surface area contributed by atoms with Crippen LogP contribution < -0.4 is 10.5 Å². The molecule has 2 nitrogen and oxygen atoms in total. The maximum absolute atomic E-state index is 12.8. The first-order chi connectivity index (χ1) is 8.10. The lowest BCUT2D eigenvalue weighted by atomic mass is 9.70. The van der Waals surface area contributed by atoms with E-state index < -0.39 is 36.4 Å². The van der Waals surface area contributed by atoms with Crippen molar-refractivity contribution < 1.29 is 26.7 Å². The molecule has 0 unspecified atom stereocenters. The minimum absolute atomic E-state index is 0.378. The van der Waals surface area contributed by atoms with Crippen molar-refractivity contribution in [1.29, 1.82) is 0 Å². The van der Waals surface area contributed by atoms with E-state index in [1.807, 2.05) is 0 Å². The molecule has 0 heterocycles. The van der Waals surface area contributed by atoms with Gasteiger partial charge in [-0.1, -0.05) is 12.1 Å². The topological polar surface area (TPSA) is 35.2 Å². The Hall–Kier alpha value is -1.37. The maximum Gasteiger partial charge on any atom is 0.573 e. The van der Waals surface area contributed by atoms with Gasteiger partial charge in [0.05, 0.1) is 5.54 Å². The molecule has 0 amide bonds. The molecule has 7 heteroatoms. The van der Waals surface area contributed by atoms with E-state index in [2.05, 4.69) is 4.74 Å². The molecule has 100 valence electrons. The second-order valence-corrected chi connectivity index (χ2v) is 4.44. The van der Waals surface area contributed by atoms with Crippen LogP contribution in [-0.2, 0) is 5.54 Å². The van der Waals surface area contributed by atoms with Gasteiger partial charge >= 0.3 is 6.36 Å². The lowest BCUT2D eigenvalue weighted by molar-refractivity contribution is -0.274. The zero-order valence-electron chi connectivity index (χ0n) is 9.10. The Labute approximate surface area is 99.5 Å². The van der Waals surface area contributed by atoms with Gasteiger partial charge in [-0.15, -0.1) is 13.2 Å². The van der Waals surface area contributed by atoms with Crippen LogP contribution in [0.4, 0.5) is 22.0 Å². The standard InChI is InChI=1S/C11H10F5NO/c12-10(13)5-9(17,6-10)7-1-3-8(4-2-7)18-11(14,15)16/h1-4H,5-6,17H2. The fraction of sp³-hybridized carbons (Fsp3) is 0.455.